The SMILES string of the molecule is CC=CC[C@@H]1C[C@H](CCC2CCCC[C@@H]2NC(=O)OC(C)(C)C)OC1=O. The quantitative estimate of drug-likeness (QED) is 0.545. The zero-order valence-corrected chi connectivity index (χ0v) is 16.8. The lowest BCUT2D eigenvalue weighted by Crippen LogP contribution is -2.44. The molecule has 148 valence electrons. The Balaban J connectivity index is 1.81. The van der Waals surface area contributed by atoms with Crippen LogP contribution in [0.2, 0.25) is 0 Å². The monoisotopic (exact) mass is 365 g/mol. The van der Waals surface area contributed by atoms with Gasteiger partial charge in [0, 0.05) is 6.04 Å². The normalized spacial score (nSPS) is 29.6. The van der Waals surface area contributed by atoms with Gasteiger partial charge in [-0.1, -0.05) is 25.0 Å². The minimum Gasteiger partial charge on any atom is -0.462 e. The largest absolute Gasteiger partial charge is 0.462 e. The fourth-order valence-corrected chi connectivity index (χ4v) is 3.99. The van der Waals surface area contributed by atoms with Gasteiger partial charge in [0.1, 0.15) is 11.7 Å². The highest BCUT2D eigenvalue weighted by molar-refractivity contribution is 5.74. The van der Waals surface area contributed by atoms with Gasteiger partial charge in [0.05, 0.1) is 5.92 Å². The lowest BCUT2D eigenvalue weighted by atomic mass is 9.81. The molecule has 0 aromatic heterocycles. The summed E-state index contributed by atoms with van der Waals surface area (Å²) in [6, 6.07) is 0.162. The van der Waals surface area contributed by atoms with E-state index in [1.165, 1.54) is 6.42 Å². The number of hydrogen-bond donors (Lipinski definition) is 1. The molecule has 0 aromatic rings. The topological polar surface area (TPSA) is 64.6 Å². The molecule has 2 fully saturated rings. The second kappa shape index (κ2) is 9.43. The van der Waals surface area contributed by atoms with E-state index in [1.807, 2.05) is 39.8 Å². The molecule has 5 nitrogen and oxygen atoms in total. The predicted octanol–water partition coefficient (Wildman–Crippen LogP) is 4.75. The number of esters is 1. The standard InChI is InChI=1S/C21H35NO4/c1-5-6-9-16-14-17(25-19(16)23)13-12-15-10-7-8-11-18(15)22-20(24)26-21(2,3)4/h5-6,15-18H,7-14H2,1-4H3,(H,22,24)/t15?,16-,17+,18+/m1/s1. The fourth-order valence-electron chi connectivity index (χ4n) is 3.99. The van der Waals surface area contributed by atoms with E-state index in [0.29, 0.717) is 5.92 Å². The van der Waals surface area contributed by atoms with Crippen LogP contribution in [0.1, 0.15) is 79.1 Å². The van der Waals surface area contributed by atoms with Crippen molar-refractivity contribution in [1.82, 2.24) is 5.32 Å². The molecular formula is C21H35NO4. The maximum absolute atomic E-state index is 12.1. The Hall–Kier alpha value is -1.52. The number of hydrogen-bond acceptors (Lipinski definition) is 4. The molecule has 1 saturated heterocycles. The molecule has 1 aliphatic heterocycles. The van der Waals surface area contributed by atoms with E-state index in [0.717, 1.165) is 44.9 Å². The average Bonchev–Trinajstić information content (AvgIpc) is 2.90. The first-order valence-electron chi connectivity index (χ1n) is 10.1. The molecule has 0 spiro atoms. The number of cyclic esters (lactones) is 1. The highest BCUT2D eigenvalue weighted by Crippen LogP contribution is 2.33. The minimum atomic E-state index is -0.478. The van der Waals surface area contributed by atoms with Gasteiger partial charge in [0.2, 0.25) is 0 Å². The molecule has 0 bridgehead atoms. The first-order valence-corrected chi connectivity index (χ1v) is 10.1. The van der Waals surface area contributed by atoms with Crippen molar-refractivity contribution in [3.63, 3.8) is 0 Å². The van der Waals surface area contributed by atoms with E-state index < -0.39 is 5.60 Å². The van der Waals surface area contributed by atoms with Crippen LogP contribution in [0.15, 0.2) is 12.2 Å². The number of rotatable bonds is 6. The molecule has 2 aliphatic rings. The molecule has 1 heterocycles. The smallest absolute Gasteiger partial charge is 0.407 e. The molecule has 5 heteroatoms. The lowest BCUT2D eigenvalue weighted by Gasteiger charge is -2.33. The third kappa shape index (κ3) is 6.65. The number of amides is 1. The van der Waals surface area contributed by atoms with E-state index in [1.54, 1.807) is 0 Å². The third-order valence-electron chi connectivity index (χ3n) is 5.29. The highest BCUT2D eigenvalue weighted by Gasteiger charge is 2.35. The van der Waals surface area contributed by atoms with Crippen LogP contribution in [-0.4, -0.2) is 29.8 Å². The molecule has 1 amide bonds. The van der Waals surface area contributed by atoms with Crippen molar-refractivity contribution in [3.8, 4) is 0 Å². The van der Waals surface area contributed by atoms with Crippen LogP contribution in [0.25, 0.3) is 0 Å². The molecule has 1 unspecified atom stereocenters. The maximum Gasteiger partial charge on any atom is 0.407 e. The first kappa shape index (κ1) is 20.8. The van der Waals surface area contributed by atoms with Gasteiger partial charge >= 0.3 is 12.1 Å². The van der Waals surface area contributed by atoms with Gasteiger partial charge in [0.25, 0.3) is 0 Å². The Bertz CT molecular complexity index is 509. The summed E-state index contributed by atoms with van der Waals surface area (Å²) in [6.45, 7) is 7.61. The maximum atomic E-state index is 12.1. The first-order chi connectivity index (χ1) is 12.3. The second-order valence-corrected chi connectivity index (χ2v) is 8.67. The van der Waals surface area contributed by atoms with Gasteiger partial charge in [0.15, 0.2) is 0 Å². The molecule has 2 rings (SSSR count). The van der Waals surface area contributed by atoms with Crippen molar-refractivity contribution < 1.29 is 19.1 Å². The van der Waals surface area contributed by atoms with Gasteiger partial charge in [-0.05, 0) is 72.1 Å². The zero-order chi connectivity index (χ0) is 19.2. The molecule has 1 aliphatic carbocycles. The summed E-state index contributed by atoms with van der Waals surface area (Å²) >= 11 is 0. The van der Waals surface area contributed by atoms with Gasteiger partial charge in [-0.25, -0.2) is 4.79 Å². The zero-order valence-electron chi connectivity index (χ0n) is 16.8. The Morgan fingerprint density at radius 3 is 2.69 bits per heavy atom. The van der Waals surface area contributed by atoms with E-state index in [4.69, 9.17) is 9.47 Å². The molecule has 0 aromatic carbocycles. The summed E-state index contributed by atoms with van der Waals surface area (Å²) in [7, 11) is 0. The van der Waals surface area contributed by atoms with Crippen LogP contribution in [0.5, 0.6) is 0 Å². The number of carbonyl (C=O) groups is 2. The Kier molecular flexibility index (Phi) is 7.54. The molecule has 26 heavy (non-hydrogen) atoms. The number of alkyl carbamates (subject to hydrolysis) is 1. The summed E-state index contributed by atoms with van der Waals surface area (Å²) in [5.74, 6) is 0.392. The van der Waals surface area contributed by atoms with Crippen LogP contribution in [0.3, 0.4) is 0 Å². The minimum absolute atomic E-state index is 0.0123. The Labute approximate surface area is 157 Å². The summed E-state index contributed by atoms with van der Waals surface area (Å²) in [6.07, 6.45) is 11.6. The molecular weight excluding hydrogens is 330 g/mol. The van der Waals surface area contributed by atoms with Crippen LogP contribution >= 0.6 is 0 Å². The molecule has 0 radical (unpaired) electrons. The van der Waals surface area contributed by atoms with E-state index in [9.17, 15) is 9.59 Å². The van der Waals surface area contributed by atoms with Crippen molar-refractivity contribution in [2.75, 3.05) is 0 Å². The number of carbonyl (C=O) groups excluding carboxylic acids is 2. The van der Waals surface area contributed by atoms with Crippen molar-refractivity contribution in [1.29, 1.82) is 0 Å². The number of nitrogens with one attached hydrogen (secondary N) is 1. The van der Waals surface area contributed by atoms with Crippen LogP contribution in [0, 0.1) is 11.8 Å². The van der Waals surface area contributed by atoms with E-state index in [2.05, 4.69) is 5.32 Å². The predicted molar refractivity (Wildman–Crippen MR) is 102 cm³/mol. The van der Waals surface area contributed by atoms with Crippen LogP contribution < -0.4 is 5.32 Å². The van der Waals surface area contributed by atoms with Crippen LogP contribution in [-0.2, 0) is 14.3 Å². The summed E-state index contributed by atoms with van der Waals surface area (Å²) < 4.78 is 11.0. The summed E-state index contributed by atoms with van der Waals surface area (Å²) in [5.41, 5.74) is -0.478. The Morgan fingerprint density at radius 2 is 2.00 bits per heavy atom. The average molecular weight is 366 g/mol. The molecule has 1 N–H and O–H groups in total. The van der Waals surface area contributed by atoms with Crippen molar-refractivity contribution >= 4 is 12.1 Å². The number of ether oxygens (including phenoxy) is 2. The van der Waals surface area contributed by atoms with Crippen molar-refractivity contribution in [2.24, 2.45) is 11.8 Å². The van der Waals surface area contributed by atoms with E-state index in [-0.39, 0.29) is 30.1 Å². The van der Waals surface area contributed by atoms with Gasteiger partial charge in [-0.2, -0.15) is 0 Å². The van der Waals surface area contributed by atoms with Gasteiger partial charge < -0.3 is 14.8 Å². The highest BCUT2D eigenvalue weighted by atomic mass is 16.6. The van der Waals surface area contributed by atoms with E-state index >= 15 is 0 Å². The molecule has 4 atom stereocenters. The number of allylic oxidation sites excluding steroid dienone is 2. The second-order valence-electron chi connectivity index (χ2n) is 8.67. The van der Waals surface area contributed by atoms with Gasteiger partial charge in [-0.15, -0.1) is 0 Å². The molecule has 1 saturated carbocycles. The lowest BCUT2D eigenvalue weighted by molar-refractivity contribution is -0.144. The van der Waals surface area contributed by atoms with Crippen LogP contribution in [0.4, 0.5) is 4.79 Å². The van der Waals surface area contributed by atoms with Crippen molar-refractivity contribution in [2.45, 2.75) is 96.8 Å². The third-order valence-corrected chi connectivity index (χ3v) is 5.29. The fraction of sp³-hybridized carbons (Fsp3) is 0.810. The van der Waals surface area contributed by atoms with Gasteiger partial charge in [-0.3, -0.25) is 4.79 Å². The summed E-state index contributed by atoms with van der Waals surface area (Å²) in [5, 5.41) is 3.07. The summed E-state index contributed by atoms with van der Waals surface area (Å²) in [4.78, 5) is 24.1. The van der Waals surface area contributed by atoms with Crippen molar-refractivity contribution in [3.05, 3.63) is 12.2 Å². The Morgan fingerprint density at radius 1 is 1.27 bits per heavy atom.